The first-order valence-electron chi connectivity index (χ1n) is 6.41. The topological polar surface area (TPSA) is 55.4 Å². The maximum Gasteiger partial charge on any atom is 0.408 e. The van der Waals surface area contributed by atoms with Crippen molar-refractivity contribution in [2.24, 2.45) is 0 Å². The van der Waals surface area contributed by atoms with E-state index in [0.717, 1.165) is 32.1 Å². The molecule has 1 aliphatic carbocycles. The van der Waals surface area contributed by atoms with E-state index in [1.54, 1.807) is 0 Å². The molecule has 0 aromatic carbocycles. The van der Waals surface area contributed by atoms with Crippen LogP contribution in [-0.4, -0.2) is 23.5 Å². The van der Waals surface area contributed by atoms with Crippen LogP contribution in [0.1, 0.15) is 59.3 Å². The van der Waals surface area contributed by atoms with Gasteiger partial charge in [-0.25, -0.2) is 4.79 Å². The zero-order chi connectivity index (χ0) is 12.9. The summed E-state index contributed by atoms with van der Waals surface area (Å²) >= 11 is 0. The van der Waals surface area contributed by atoms with E-state index in [1.807, 2.05) is 20.8 Å². The number of carbonyl (C=O) groups excluding carboxylic acids is 2. The van der Waals surface area contributed by atoms with Crippen molar-refractivity contribution >= 4 is 11.9 Å². The molecule has 1 rings (SSSR count). The van der Waals surface area contributed by atoms with E-state index in [1.165, 1.54) is 0 Å². The largest absolute Gasteiger partial charge is 0.444 e. The molecular weight excluding hydrogens is 218 g/mol. The van der Waals surface area contributed by atoms with Gasteiger partial charge in [-0.3, -0.25) is 4.79 Å². The monoisotopic (exact) mass is 241 g/mol. The number of amides is 1. The summed E-state index contributed by atoms with van der Waals surface area (Å²) < 4.78 is 5.16. The normalized spacial score (nSPS) is 22.5. The number of Topliss-reactive ketones (excluding diaryl/α,β-unsaturated/α-hetero) is 1. The molecule has 0 heterocycles. The van der Waals surface area contributed by atoms with Gasteiger partial charge in [0.25, 0.3) is 0 Å². The summed E-state index contributed by atoms with van der Waals surface area (Å²) in [5.41, 5.74) is -0.519. The molecule has 98 valence electrons. The molecule has 1 amide bonds. The number of hydrogen-bond donors (Lipinski definition) is 1. The first-order chi connectivity index (χ1) is 7.88. The van der Waals surface area contributed by atoms with Gasteiger partial charge in [0.05, 0.1) is 6.04 Å². The maximum atomic E-state index is 11.8. The van der Waals surface area contributed by atoms with Gasteiger partial charge in [0, 0.05) is 6.42 Å². The van der Waals surface area contributed by atoms with E-state index < -0.39 is 11.7 Å². The molecule has 0 spiro atoms. The second kappa shape index (κ2) is 6.03. The van der Waals surface area contributed by atoms with E-state index in [9.17, 15) is 9.59 Å². The molecule has 0 aliphatic heterocycles. The van der Waals surface area contributed by atoms with Crippen molar-refractivity contribution in [2.45, 2.75) is 70.9 Å². The molecule has 0 aromatic heterocycles. The number of rotatable bonds is 1. The minimum absolute atomic E-state index is 0.135. The summed E-state index contributed by atoms with van der Waals surface area (Å²) in [6.07, 6.45) is 5.00. The molecular formula is C13H23NO3. The number of nitrogens with one attached hydrogen (secondary N) is 1. The van der Waals surface area contributed by atoms with Crippen LogP contribution in [0.5, 0.6) is 0 Å². The van der Waals surface area contributed by atoms with E-state index in [-0.39, 0.29) is 11.8 Å². The quantitative estimate of drug-likeness (QED) is 0.768. The highest BCUT2D eigenvalue weighted by Gasteiger charge is 2.24. The number of hydrogen-bond acceptors (Lipinski definition) is 3. The summed E-state index contributed by atoms with van der Waals surface area (Å²) in [5.74, 6) is 0.135. The summed E-state index contributed by atoms with van der Waals surface area (Å²) in [4.78, 5) is 23.4. The van der Waals surface area contributed by atoms with Gasteiger partial charge in [-0.2, -0.15) is 0 Å². The molecule has 0 saturated heterocycles. The van der Waals surface area contributed by atoms with Gasteiger partial charge in [0.1, 0.15) is 5.60 Å². The molecule has 1 fully saturated rings. The number of carbonyl (C=O) groups is 2. The molecule has 1 saturated carbocycles. The van der Waals surface area contributed by atoms with Crippen molar-refractivity contribution in [3.05, 3.63) is 0 Å². The van der Waals surface area contributed by atoms with Crippen LogP contribution >= 0.6 is 0 Å². The van der Waals surface area contributed by atoms with Crippen LogP contribution in [0, 0.1) is 0 Å². The van der Waals surface area contributed by atoms with Crippen LogP contribution < -0.4 is 5.32 Å². The lowest BCUT2D eigenvalue weighted by Gasteiger charge is -2.24. The molecule has 0 aromatic rings. The summed E-state index contributed by atoms with van der Waals surface area (Å²) in [7, 11) is 0. The van der Waals surface area contributed by atoms with Crippen LogP contribution in [0.25, 0.3) is 0 Å². The van der Waals surface area contributed by atoms with E-state index in [4.69, 9.17) is 4.74 Å². The van der Waals surface area contributed by atoms with Crippen molar-refractivity contribution in [3.63, 3.8) is 0 Å². The Morgan fingerprint density at radius 1 is 1.24 bits per heavy atom. The minimum atomic E-state index is -0.519. The average Bonchev–Trinajstić information content (AvgIpc) is 2.15. The summed E-state index contributed by atoms with van der Waals surface area (Å²) in [5, 5.41) is 2.68. The van der Waals surface area contributed by atoms with Crippen LogP contribution in [0.2, 0.25) is 0 Å². The Hall–Kier alpha value is -1.06. The minimum Gasteiger partial charge on any atom is -0.444 e. The smallest absolute Gasteiger partial charge is 0.408 e. The van der Waals surface area contributed by atoms with Crippen LogP contribution in [0.15, 0.2) is 0 Å². The SMILES string of the molecule is CC(C)(C)OC(=O)N[C@H]1CCCCCCC1=O. The lowest BCUT2D eigenvalue weighted by atomic mass is 9.96. The molecule has 1 atom stereocenters. The Labute approximate surface area is 103 Å². The van der Waals surface area contributed by atoms with Gasteiger partial charge in [-0.15, -0.1) is 0 Å². The van der Waals surface area contributed by atoms with E-state index in [0.29, 0.717) is 6.42 Å². The molecule has 1 N–H and O–H groups in total. The molecule has 4 nitrogen and oxygen atoms in total. The molecule has 0 radical (unpaired) electrons. The molecule has 0 bridgehead atoms. The van der Waals surface area contributed by atoms with Crippen molar-refractivity contribution in [3.8, 4) is 0 Å². The van der Waals surface area contributed by atoms with Gasteiger partial charge in [-0.1, -0.05) is 19.3 Å². The Balaban J connectivity index is 2.47. The molecule has 4 heteroatoms. The second-order valence-electron chi connectivity index (χ2n) is 5.62. The average molecular weight is 241 g/mol. The highest BCUT2D eigenvalue weighted by molar-refractivity contribution is 5.87. The van der Waals surface area contributed by atoms with Gasteiger partial charge < -0.3 is 10.1 Å². The Morgan fingerprint density at radius 3 is 2.53 bits per heavy atom. The predicted molar refractivity (Wildman–Crippen MR) is 65.9 cm³/mol. The number of ketones is 1. The third kappa shape index (κ3) is 5.71. The van der Waals surface area contributed by atoms with E-state index in [2.05, 4.69) is 5.32 Å². The Morgan fingerprint density at radius 2 is 1.88 bits per heavy atom. The number of ether oxygens (including phenoxy) is 1. The fourth-order valence-corrected chi connectivity index (χ4v) is 1.94. The summed E-state index contributed by atoms with van der Waals surface area (Å²) in [6, 6.07) is -0.356. The lowest BCUT2D eigenvalue weighted by molar-refractivity contribution is -0.121. The van der Waals surface area contributed by atoms with Gasteiger partial charge >= 0.3 is 6.09 Å². The van der Waals surface area contributed by atoms with Crippen molar-refractivity contribution in [2.75, 3.05) is 0 Å². The van der Waals surface area contributed by atoms with Crippen molar-refractivity contribution < 1.29 is 14.3 Å². The van der Waals surface area contributed by atoms with Gasteiger partial charge in [0.2, 0.25) is 0 Å². The summed E-state index contributed by atoms with van der Waals surface area (Å²) in [6.45, 7) is 5.44. The van der Waals surface area contributed by atoms with E-state index >= 15 is 0 Å². The van der Waals surface area contributed by atoms with Gasteiger partial charge in [-0.05, 0) is 33.6 Å². The first-order valence-corrected chi connectivity index (χ1v) is 6.41. The third-order valence-electron chi connectivity index (χ3n) is 2.75. The van der Waals surface area contributed by atoms with Crippen LogP contribution in [-0.2, 0) is 9.53 Å². The van der Waals surface area contributed by atoms with Crippen molar-refractivity contribution in [1.82, 2.24) is 5.32 Å². The molecule has 0 unspecified atom stereocenters. The fourth-order valence-electron chi connectivity index (χ4n) is 1.94. The van der Waals surface area contributed by atoms with Crippen molar-refractivity contribution in [1.29, 1.82) is 0 Å². The third-order valence-corrected chi connectivity index (χ3v) is 2.75. The van der Waals surface area contributed by atoms with Crippen LogP contribution in [0.4, 0.5) is 4.79 Å². The van der Waals surface area contributed by atoms with Gasteiger partial charge in [0.15, 0.2) is 5.78 Å². The lowest BCUT2D eigenvalue weighted by Crippen LogP contribution is -2.43. The number of alkyl carbamates (subject to hydrolysis) is 1. The maximum absolute atomic E-state index is 11.8. The van der Waals surface area contributed by atoms with Crippen LogP contribution in [0.3, 0.4) is 0 Å². The molecule has 1 aliphatic rings. The first kappa shape index (κ1) is 14.0. The Bertz CT molecular complexity index is 281. The highest BCUT2D eigenvalue weighted by Crippen LogP contribution is 2.15. The Kier molecular flexibility index (Phi) is 4.97. The zero-order valence-electron chi connectivity index (χ0n) is 11.0. The molecule has 17 heavy (non-hydrogen) atoms. The second-order valence-corrected chi connectivity index (χ2v) is 5.62. The standard InChI is InChI=1S/C13H23NO3/c1-13(2,3)17-12(16)14-10-8-6-4-5-7-9-11(10)15/h10H,4-9H2,1-3H3,(H,14,16)/t10-/m0/s1. The fraction of sp³-hybridized carbons (Fsp3) is 0.846. The predicted octanol–water partition coefficient (Wildman–Crippen LogP) is 2.80. The zero-order valence-corrected chi connectivity index (χ0v) is 11.0. The highest BCUT2D eigenvalue weighted by atomic mass is 16.6.